The van der Waals surface area contributed by atoms with Gasteiger partial charge in [0.15, 0.2) is 6.10 Å². The van der Waals surface area contributed by atoms with E-state index < -0.39 is 12.1 Å². The minimum atomic E-state index is -1.30. The van der Waals surface area contributed by atoms with Crippen LogP contribution in [0, 0.1) is 0 Å². The molecule has 0 saturated carbocycles. The van der Waals surface area contributed by atoms with Gasteiger partial charge in [-0.15, -0.1) is 11.3 Å². The quantitative estimate of drug-likeness (QED) is 0.618. The molecular formula is C11H9BO3S. The molecule has 0 aliphatic rings. The van der Waals surface area contributed by atoms with Gasteiger partial charge < -0.3 is 9.84 Å². The third-order valence-electron chi connectivity index (χ3n) is 2.34. The van der Waals surface area contributed by atoms with E-state index in [0.717, 1.165) is 10.1 Å². The van der Waals surface area contributed by atoms with Crippen molar-refractivity contribution in [3.05, 3.63) is 29.1 Å². The molecule has 1 heterocycles. The number of benzene rings is 1. The summed E-state index contributed by atoms with van der Waals surface area (Å²) in [6, 6.07) is 7.49. The second-order valence-corrected chi connectivity index (χ2v) is 4.39. The first-order valence-electron chi connectivity index (χ1n) is 4.68. The van der Waals surface area contributed by atoms with Gasteiger partial charge in [-0.05, 0) is 11.5 Å². The lowest BCUT2D eigenvalue weighted by Crippen LogP contribution is -2.18. The largest absolute Gasteiger partial charge is 0.467 e. The number of ether oxygens (including phenoxy) is 1. The molecule has 1 aromatic carbocycles. The summed E-state index contributed by atoms with van der Waals surface area (Å²) in [4.78, 5) is 11.7. The van der Waals surface area contributed by atoms with Crippen LogP contribution >= 0.6 is 11.3 Å². The molecule has 5 heteroatoms. The number of carbonyl (C=O) groups excluding carboxylic acids is 1. The number of hydrogen-bond donors (Lipinski definition) is 1. The van der Waals surface area contributed by atoms with E-state index in [2.05, 4.69) is 4.74 Å². The van der Waals surface area contributed by atoms with Crippen molar-refractivity contribution in [1.82, 2.24) is 0 Å². The predicted molar refractivity (Wildman–Crippen MR) is 64.2 cm³/mol. The fraction of sp³-hybridized carbons (Fsp3) is 0.182. The van der Waals surface area contributed by atoms with Gasteiger partial charge in [-0.2, -0.15) is 0 Å². The molecule has 0 aliphatic heterocycles. The van der Waals surface area contributed by atoms with E-state index in [4.69, 9.17) is 7.85 Å². The number of hydrogen-bond acceptors (Lipinski definition) is 4. The highest BCUT2D eigenvalue weighted by Crippen LogP contribution is 2.27. The minimum Gasteiger partial charge on any atom is -0.467 e. The van der Waals surface area contributed by atoms with Crippen LogP contribution in [0.2, 0.25) is 0 Å². The van der Waals surface area contributed by atoms with Crippen LogP contribution in [0.3, 0.4) is 0 Å². The third-order valence-corrected chi connectivity index (χ3v) is 3.57. The highest BCUT2D eigenvalue weighted by atomic mass is 32.1. The number of aliphatic hydroxyl groups is 1. The Morgan fingerprint density at radius 2 is 2.19 bits per heavy atom. The Hall–Kier alpha value is -1.33. The molecule has 1 unspecified atom stereocenters. The van der Waals surface area contributed by atoms with Crippen LogP contribution in [0.1, 0.15) is 11.0 Å². The number of thiophene rings is 1. The lowest BCUT2D eigenvalue weighted by atomic mass is 9.91. The Labute approximate surface area is 98.1 Å². The van der Waals surface area contributed by atoms with Crippen LogP contribution in [0.25, 0.3) is 10.1 Å². The molecule has 0 saturated heterocycles. The van der Waals surface area contributed by atoms with Gasteiger partial charge in [0.2, 0.25) is 0 Å². The normalized spacial score (nSPS) is 12.6. The highest BCUT2D eigenvalue weighted by molar-refractivity contribution is 7.20. The zero-order chi connectivity index (χ0) is 11.7. The van der Waals surface area contributed by atoms with Crippen LogP contribution in [-0.2, 0) is 9.53 Å². The molecule has 0 spiro atoms. The predicted octanol–water partition coefficient (Wildman–Crippen LogP) is 0.901. The van der Waals surface area contributed by atoms with E-state index >= 15 is 0 Å². The topological polar surface area (TPSA) is 46.5 Å². The average Bonchev–Trinajstić information content (AvgIpc) is 2.65. The molecule has 80 valence electrons. The molecule has 1 N–H and O–H groups in total. The zero-order valence-electron chi connectivity index (χ0n) is 8.64. The van der Waals surface area contributed by atoms with Crippen molar-refractivity contribution in [1.29, 1.82) is 0 Å². The Morgan fingerprint density at radius 3 is 2.81 bits per heavy atom. The van der Waals surface area contributed by atoms with Crippen molar-refractivity contribution >= 4 is 40.7 Å². The van der Waals surface area contributed by atoms with E-state index in [1.54, 1.807) is 0 Å². The number of rotatable bonds is 2. The standard InChI is InChI=1S/C11H9BO3S/c1-15-11(14)9(13)10-8(12)6-4-2-3-5-7(6)16-10/h2-5,9,13H,1H3. The Bertz CT molecular complexity index is 535. The van der Waals surface area contributed by atoms with Gasteiger partial charge >= 0.3 is 5.97 Å². The van der Waals surface area contributed by atoms with Gasteiger partial charge in [0.1, 0.15) is 7.85 Å². The molecule has 3 nitrogen and oxygen atoms in total. The molecule has 0 aliphatic carbocycles. The number of carbonyl (C=O) groups is 1. The summed E-state index contributed by atoms with van der Waals surface area (Å²) in [7, 11) is 7.11. The molecular weight excluding hydrogens is 223 g/mol. The average molecular weight is 232 g/mol. The lowest BCUT2D eigenvalue weighted by Gasteiger charge is -2.06. The molecule has 0 bridgehead atoms. The first kappa shape index (κ1) is 11.2. The number of aliphatic hydroxyl groups excluding tert-OH is 1. The smallest absolute Gasteiger partial charge is 0.340 e. The monoisotopic (exact) mass is 232 g/mol. The molecule has 0 fully saturated rings. The number of fused-ring (bicyclic) bond motifs is 1. The van der Waals surface area contributed by atoms with E-state index in [9.17, 15) is 9.90 Å². The maximum Gasteiger partial charge on any atom is 0.340 e. The van der Waals surface area contributed by atoms with Gasteiger partial charge in [0.05, 0.1) is 7.11 Å². The molecule has 16 heavy (non-hydrogen) atoms. The Balaban J connectivity index is 2.53. The van der Waals surface area contributed by atoms with Gasteiger partial charge in [-0.25, -0.2) is 4.79 Å². The summed E-state index contributed by atoms with van der Waals surface area (Å²) in [5.41, 5.74) is 0.443. The van der Waals surface area contributed by atoms with E-state index in [0.29, 0.717) is 10.3 Å². The maximum atomic E-state index is 11.2. The molecule has 1 atom stereocenters. The second-order valence-electron chi connectivity index (χ2n) is 3.30. The lowest BCUT2D eigenvalue weighted by molar-refractivity contribution is -0.150. The second kappa shape index (κ2) is 4.27. The summed E-state index contributed by atoms with van der Waals surface area (Å²) >= 11 is 1.30. The van der Waals surface area contributed by atoms with Crippen LogP contribution in [0.15, 0.2) is 24.3 Å². The van der Waals surface area contributed by atoms with Gasteiger partial charge in [0.25, 0.3) is 0 Å². The highest BCUT2D eigenvalue weighted by Gasteiger charge is 2.22. The summed E-state index contributed by atoms with van der Waals surface area (Å²) in [6.07, 6.45) is -1.30. The fourth-order valence-corrected chi connectivity index (χ4v) is 2.61. The molecule has 2 aromatic rings. The maximum absolute atomic E-state index is 11.2. The van der Waals surface area contributed by atoms with Gasteiger partial charge in [0, 0.05) is 9.58 Å². The first-order valence-corrected chi connectivity index (χ1v) is 5.49. The van der Waals surface area contributed by atoms with Gasteiger partial charge in [-0.1, -0.05) is 23.7 Å². The van der Waals surface area contributed by atoms with Gasteiger partial charge in [-0.3, -0.25) is 0 Å². The summed E-state index contributed by atoms with van der Waals surface area (Å²) in [5.74, 6) is -0.696. The zero-order valence-corrected chi connectivity index (χ0v) is 9.45. The van der Waals surface area contributed by atoms with E-state index in [1.165, 1.54) is 18.4 Å². The SMILES string of the molecule is [B]c1c(C(O)C(=O)OC)sc2ccccc12. The first-order chi connectivity index (χ1) is 7.65. The summed E-state index contributed by atoms with van der Waals surface area (Å²) < 4.78 is 5.42. The van der Waals surface area contributed by atoms with Crippen LogP contribution in [-0.4, -0.2) is 26.0 Å². The minimum absolute atomic E-state index is 0.438. The molecule has 2 radical (unpaired) electrons. The Morgan fingerprint density at radius 1 is 1.50 bits per heavy atom. The van der Waals surface area contributed by atoms with E-state index in [1.807, 2.05) is 24.3 Å². The molecule has 2 rings (SSSR count). The Kier molecular flexibility index (Phi) is 2.98. The van der Waals surface area contributed by atoms with Crippen LogP contribution in [0.5, 0.6) is 0 Å². The molecule has 0 amide bonds. The van der Waals surface area contributed by atoms with E-state index in [-0.39, 0.29) is 0 Å². The van der Waals surface area contributed by atoms with Crippen molar-refractivity contribution in [3.63, 3.8) is 0 Å². The summed E-state index contributed by atoms with van der Waals surface area (Å²) in [6.45, 7) is 0. The fourth-order valence-electron chi connectivity index (χ4n) is 1.51. The number of esters is 1. The number of methoxy groups -OCH3 is 1. The van der Waals surface area contributed by atoms with Crippen molar-refractivity contribution in [3.8, 4) is 0 Å². The van der Waals surface area contributed by atoms with Crippen molar-refractivity contribution < 1.29 is 14.6 Å². The van der Waals surface area contributed by atoms with Crippen molar-refractivity contribution in [2.24, 2.45) is 0 Å². The van der Waals surface area contributed by atoms with Crippen LogP contribution in [0.4, 0.5) is 0 Å². The summed E-state index contributed by atoms with van der Waals surface area (Å²) in [5, 5.41) is 10.6. The third kappa shape index (κ3) is 1.72. The van der Waals surface area contributed by atoms with Crippen molar-refractivity contribution in [2.45, 2.75) is 6.10 Å². The molecule has 1 aromatic heterocycles. The van der Waals surface area contributed by atoms with Crippen molar-refractivity contribution in [2.75, 3.05) is 7.11 Å². The van der Waals surface area contributed by atoms with Crippen LogP contribution < -0.4 is 5.46 Å².